The molecule has 0 spiro atoms. The van der Waals surface area contributed by atoms with Crippen LogP contribution in [0.2, 0.25) is 15.1 Å². The SMILES string of the molecule is COc1cc2c(cc1OC)[C@H](c1cccc(Cl)c1)N(Cc1c(Cl)cccc1Cl)CC2. The van der Waals surface area contributed by atoms with E-state index in [4.69, 9.17) is 44.3 Å². The average Bonchev–Trinajstić information content (AvgIpc) is 2.75. The second-order valence-electron chi connectivity index (χ2n) is 7.28. The number of rotatable bonds is 5. The normalized spacial score (nSPS) is 16.2. The lowest BCUT2D eigenvalue weighted by atomic mass is 9.87. The van der Waals surface area contributed by atoms with Crippen molar-refractivity contribution < 1.29 is 9.47 Å². The van der Waals surface area contributed by atoms with E-state index in [0.717, 1.165) is 29.8 Å². The molecule has 3 aromatic carbocycles. The highest BCUT2D eigenvalue weighted by Gasteiger charge is 2.31. The fourth-order valence-corrected chi connectivity index (χ4v) is 4.84. The van der Waals surface area contributed by atoms with Crippen LogP contribution in [0.5, 0.6) is 11.5 Å². The van der Waals surface area contributed by atoms with Crippen molar-refractivity contribution in [1.82, 2.24) is 4.90 Å². The number of fused-ring (bicyclic) bond motifs is 1. The summed E-state index contributed by atoms with van der Waals surface area (Å²) in [5, 5.41) is 2.05. The molecule has 3 nitrogen and oxygen atoms in total. The van der Waals surface area contributed by atoms with Gasteiger partial charge in [-0.05, 0) is 59.5 Å². The van der Waals surface area contributed by atoms with Crippen molar-refractivity contribution in [3.8, 4) is 11.5 Å². The predicted octanol–water partition coefficient (Wildman–Crippen LogP) is 6.81. The fourth-order valence-electron chi connectivity index (χ4n) is 4.12. The van der Waals surface area contributed by atoms with Gasteiger partial charge in [-0.2, -0.15) is 0 Å². The Labute approximate surface area is 192 Å². The first-order chi connectivity index (χ1) is 14.5. The van der Waals surface area contributed by atoms with Crippen molar-refractivity contribution in [3.63, 3.8) is 0 Å². The number of hydrogen-bond acceptors (Lipinski definition) is 3. The maximum Gasteiger partial charge on any atom is 0.161 e. The van der Waals surface area contributed by atoms with Gasteiger partial charge in [-0.15, -0.1) is 0 Å². The molecule has 1 aliphatic rings. The zero-order valence-corrected chi connectivity index (χ0v) is 19.1. The number of benzene rings is 3. The Bertz CT molecular complexity index is 1050. The number of hydrogen-bond donors (Lipinski definition) is 0. The fraction of sp³-hybridized carbons (Fsp3) is 0.250. The van der Waals surface area contributed by atoms with Crippen LogP contribution in [0, 0.1) is 0 Å². The van der Waals surface area contributed by atoms with Gasteiger partial charge in [-0.3, -0.25) is 4.90 Å². The Hall–Kier alpha value is -1.91. The lowest BCUT2D eigenvalue weighted by Crippen LogP contribution is -2.36. The van der Waals surface area contributed by atoms with Crippen LogP contribution < -0.4 is 9.47 Å². The maximum absolute atomic E-state index is 6.49. The predicted molar refractivity (Wildman–Crippen MR) is 123 cm³/mol. The van der Waals surface area contributed by atoms with Gasteiger partial charge in [0.2, 0.25) is 0 Å². The second-order valence-corrected chi connectivity index (χ2v) is 8.54. The standard InChI is InChI=1S/C24H22Cl3NO2/c1-29-22-12-15-9-10-28(14-19-20(26)7-4-8-21(19)27)24(18(15)13-23(22)30-2)16-5-3-6-17(25)11-16/h3-8,11-13,24H,9-10,14H2,1-2H3/t24-/m0/s1. The minimum Gasteiger partial charge on any atom is -0.493 e. The Morgan fingerprint density at radius 3 is 2.23 bits per heavy atom. The van der Waals surface area contributed by atoms with Crippen molar-refractivity contribution in [3.05, 3.63) is 91.9 Å². The first-order valence-electron chi connectivity index (χ1n) is 9.69. The molecule has 0 N–H and O–H groups in total. The quantitative estimate of drug-likeness (QED) is 0.415. The summed E-state index contributed by atoms with van der Waals surface area (Å²) in [5.74, 6) is 1.45. The van der Waals surface area contributed by atoms with Gasteiger partial charge in [0.25, 0.3) is 0 Å². The van der Waals surface area contributed by atoms with Crippen LogP contribution in [0.3, 0.4) is 0 Å². The van der Waals surface area contributed by atoms with Gasteiger partial charge in [-0.1, -0.05) is 53.0 Å². The van der Waals surface area contributed by atoms with E-state index in [1.807, 2.05) is 36.4 Å². The molecule has 4 rings (SSSR count). The molecule has 0 radical (unpaired) electrons. The zero-order chi connectivity index (χ0) is 21.3. The molecular formula is C24H22Cl3NO2. The molecular weight excluding hydrogens is 441 g/mol. The Morgan fingerprint density at radius 2 is 1.57 bits per heavy atom. The van der Waals surface area contributed by atoms with E-state index in [2.05, 4.69) is 23.1 Å². The van der Waals surface area contributed by atoms with E-state index >= 15 is 0 Å². The van der Waals surface area contributed by atoms with Gasteiger partial charge in [0.15, 0.2) is 11.5 Å². The second kappa shape index (κ2) is 9.07. The highest BCUT2D eigenvalue weighted by molar-refractivity contribution is 6.36. The van der Waals surface area contributed by atoms with Crippen LogP contribution in [-0.4, -0.2) is 25.7 Å². The van der Waals surface area contributed by atoms with Crippen molar-refractivity contribution in [2.24, 2.45) is 0 Å². The number of methoxy groups -OCH3 is 2. The van der Waals surface area contributed by atoms with Crippen LogP contribution in [0.25, 0.3) is 0 Å². The first-order valence-corrected chi connectivity index (χ1v) is 10.8. The Kier molecular flexibility index (Phi) is 6.45. The summed E-state index contributed by atoms with van der Waals surface area (Å²) >= 11 is 19.3. The molecule has 156 valence electrons. The topological polar surface area (TPSA) is 21.7 Å². The number of nitrogens with zero attached hydrogens (tertiary/aromatic N) is 1. The van der Waals surface area contributed by atoms with Crippen molar-refractivity contribution in [1.29, 1.82) is 0 Å². The summed E-state index contributed by atoms with van der Waals surface area (Å²) in [6.45, 7) is 1.48. The zero-order valence-electron chi connectivity index (χ0n) is 16.8. The summed E-state index contributed by atoms with van der Waals surface area (Å²) in [6.07, 6.45) is 0.884. The van der Waals surface area contributed by atoms with E-state index < -0.39 is 0 Å². The van der Waals surface area contributed by atoms with Gasteiger partial charge < -0.3 is 9.47 Å². The first kappa shape index (κ1) is 21.3. The van der Waals surface area contributed by atoms with Crippen LogP contribution >= 0.6 is 34.8 Å². The molecule has 0 bridgehead atoms. The molecule has 0 amide bonds. The van der Waals surface area contributed by atoms with Gasteiger partial charge in [0.05, 0.1) is 20.3 Å². The van der Waals surface area contributed by atoms with Crippen molar-refractivity contribution in [2.75, 3.05) is 20.8 Å². The molecule has 0 saturated carbocycles. The summed E-state index contributed by atoms with van der Waals surface area (Å²) < 4.78 is 11.1. The monoisotopic (exact) mass is 461 g/mol. The molecule has 1 heterocycles. The van der Waals surface area contributed by atoms with Crippen molar-refractivity contribution >= 4 is 34.8 Å². The molecule has 0 aromatic heterocycles. The summed E-state index contributed by atoms with van der Waals surface area (Å²) in [6, 6.07) is 17.7. The minimum absolute atomic E-state index is 0.0143. The van der Waals surface area contributed by atoms with E-state index in [1.165, 1.54) is 11.1 Å². The van der Waals surface area contributed by atoms with Crippen molar-refractivity contribution in [2.45, 2.75) is 19.0 Å². The third kappa shape index (κ3) is 4.13. The molecule has 0 saturated heterocycles. The molecule has 1 aliphatic heterocycles. The number of halogens is 3. The third-order valence-electron chi connectivity index (χ3n) is 5.56. The lowest BCUT2D eigenvalue weighted by molar-refractivity contribution is 0.203. The van der Waals surface area contributed by atoms with Crippen LogP contribution in [-0.2, 0) is 13.0 Å². The van der Waals surface area contributed by atoms with Gasteiger partial charge in [-0.25, -0.2) is 0 Å². The van der Waals surface area contributed by atoms with E-state index in [0.29, 0.717) is 27.4 Å². The van der Waals surface area contributed by atoms with E-state index in [9.17, 15) is 0 Å². The largest absolute Gasteiger partial charge is 0.493 e. The molecule has 30 heavy (non-hydrogen) atoms. The molecule has 1 atom stereocenters. The van der Waals surface area contributed by atoms with Crippen LogP contribution in [0.4, 0.5) is 0 Å². The average molecular weight is 463 g/mol. The summed E-state index contributed by atoms with van der Waals surface area (Å²) in [5.41, 5.74) is 4.44. The van der Waals surface area contributed by atoms with Crippen LogP contribution in [0.1, 0.15) is 28.3 Å². The highest BCUT2D eigenvalue weighted by atomic mass is 35.5. The van der Waals surface area contributed by atoms with Gasteiger partial charge in [0.1, 0.15) is 0 Å². The lowest BCUT2D eigenvalue weighted by Gasteiger charge is -2.38. The smallest absolute Gasteiger partial charge is 0.161 e. The van der Waals surface area contributed by atoms with Crippen LogP contribution in [0.15, 0.2) is 54.6 Å². The van der Waals surface area contributed by atoms with E-state index in [-0.39, 0.29) is 6.04 Å². The summed E-state index contributed by atoms with van der Waals surface area (Å²) in [7, 11) is 3.32. The van der Waals surface area contributed by atoms with Gasteiger partial charge in [0, 0.05) is 33.7 Å². The molecule has 0 unspecified atom stereocenters. The Morgan fingerprint density at radius 1 is 0.900 bits per heavy atom. The third-order valence-corrected chi connectivity index (χ3v) is 6.50. The highest BCUT2D eigenvalue weighted by Crippen LogP contribution is 2.42. The minimum atomic E-state index is -0.0143. The molecule has 0 aliphatic carbocycles. The summed E-state index contributed by atoms with van der Waals surface area (Å²) in [4.78, 5) is 2.38. The molecule has 0 fully saturated rings. The van der Waals surface area contributed by atoms with E-state index in [1.54, 1.807) is 14.2 Å². The molecule has 6 heteroatoms. The number of ether oxygens (including phenoxy) is 2. The maximum atomic E-state index is 6.49. The molecule has 3 aromatic rings. The van der Waals surface area contributed by atoms with Gasteiger partial charge >= 0.3 is 0 Å². The Balaban J connectivity index is 1.83.